The summed E-state index contributed by atoms with van der Waals surface area (Å²) in [7, 11) is 1.69. The van der Waals surface area contributed by atoms with E-state index >= 15 is 0 Å². The molecule has 26 heavy (non-hydrogen) atoms. The van der Waals surface area contributed by atoms with E-state index in [-0.39, 0.29) is 0 Å². The Hall–Kier alpha value is -2.84. The van der Waals surface area contributed by atoms with Crippen molar-refractivity contribution in [3.63, 3.8) is 0 Å². The van der Waals surface area contributed by atoms with E-state index in [1.807, 2.05) is 12.1 Å². The maximum atomic E-state index is 5.21. The SMILES string of the molecule is COc1ccc(/C=C/CN(Cc2ccccc2)Cc2ccccc2)cc1. The van der Waals surface area contributed by atoms with Gasteiger partial charge in [0.25, 0.3) is 0 Å². The van der Waals surface area contributed by atoms with Gasteiger partial charge in [-0.2, -0.15) is 0 Å². The van der Waals surface area contributed by atoms with Gasteiger partial charge in [-0.25, -0.2) is 0 Å². The molecule has 0 fully saturated rings. The zero-order chi connectivity index (χ0) is 18.0. The molecule has 2 heteroatoms. The molecule has 0 bridgehead atoms. The Morgan fingerprint density at radius 1 is 0.731 bits per heavy atom. The summed E-state index contributed by atoms with van der Waals surface area (Å²) in [6.07, 6.45) is 4.40. The van der Waals surface area contributed by atoms with Crippen molar-refractivity contribution in [2.75, 3.05) is 13.7 Å². The average Bonchev–Trinajstić information content (AvgIpc) is 2.70. The highest BCUT2D eigenvalue weighted by Crippen LogP contribution is 2.13. The molecule has 0 aliphatic heterocycles. The summed E-state index contributed by atoms with van der Waals surface area (Å²) in [5.41, 5.74) is 3.85. The van der Waals surface area contributed by atoms with Gasteiger partial charge in [0, 0.05) is 19.6 Å². The van der Waals surface area contributed by atoms with E-state index in [0.717, 1.165) is 25.4 Å². The lowest BCUT2D eigenvalue weighted by Gasteiger charge is -2.21. The molecular weight excluding hydrogens is 318 g/mol. The summed E-state index contributed by atoms with van der Waals surface area (Å²) >= 11 is 0. The van der Waals surface area contributed by atoms with Crippen LogP contribution < -0.4 is 4.74 Å². The summed E-state index contributed by atoms with van der Waals surface area (Å²) < 4.78 is 5.21. The van der Waals surface area contributed by atoms with Crippen LogP contribution in [0.1, 0.15) is 16.7 Å². The van der Waals surface area contributed by atoms with Gasteiger partial charge in [-0.05, 0) is 28.8 Å². The van der Waals surface area contributed by atoms with Crippen LogP contribution in [0.15, 0.2) is 91.0 Å². The minimum Gasteiger partial charge on any atom is -0.497 e. The van der Waals surface area contributed by atoms with Crippen LogP contribution in [0.2, 0.25) is 0 Å². The predicted molar refractivity (Wildman–Crippen MR) is 109 cm³/mol. The molecule has 0 saturated carbocycles. The van der Waals surface area contributed by atoms with Crippen molar-refractivity contribution in [3.8, 4) is 5.75 Å². The van der Waals surface area contributed by atoms with Crippen molar-refractivity contribution in [2.45, 2.75) is 13.1 Å². The first kappa shape index (κ1) is 18.0. The van der Waals surface area contributed by atoms with Gasteiger partial charge in [-0.1, -0.05) is 84.9 Å². The Balaban J connectivity index is 1.66. The molecular formula is C24H25NO. The van der Waals surface area contributed by atoms with E-state index in [1.54, 1.807) is 7.11 Å². The Morgan fingerprint density at radius 3 is 1.77 bits per heavy atom. The van der Waals surface area contributed by atoms with Crippen LogP contribution in [0.5, 0.6) is 5.75 Å². The largest absolute Gasteiger partial charge is 0.497 e. The normalized spacial score (nSPS) is 11.2. The lowest BCUT2D eigenvalue weighted by molar-refractivity contribution is 0.286. The highest BCUT2D eigenvalue weighted by atomic mass is 16.5. The third-order valence-electron chi connectivity index (χ3n) is 4.29. The van der Waals surface area contributed by atoms with Crippen molar-refractivity contribution in [2.24, 2.45) is 0 Å². The number of hydrogen-bond donors (Lipinski definition) is 0. The molecule has 3 rings (SSSR count). The van der Waals surface area contributed by atoms with Crippen LogP contribution in [0.25, 0.3) is 6.08 Å². The molecule has 2 nitrogen and oxygen atoms in total. The summed E-state index contributed by atoms with van der Waals surface area (Å²) in [6.45, 7) is 2.77. The van der Waals surface area contributed by atoms with Gasteiger partial charge in [0.2, 0.25) is 0 Å². The standard InChI is InChI=1S/C24H25NO/c1-26-24-16-14-21(15-17-24)13-8-18-25(19-22-9-4-2-5-10-22)20-23-11-6-3-7-12-23/h2-17H,18-20H2,1H3/b13-8+. The van der Waals surface area contributed by atoms with Crippen molar-refractivity contribution in [1.29, 1.82) is 0 Å². The first-order valence-electron chi connectivity index (χ1n) is 8.94. The predicted octanol–water partition coefficient (Wildman–Crippen LogP) is 5.41. The van der Waals surface area contributed by atoms with Gasteiger partial charge in [0.1, 0.15) is 5.75 Å². The highest BCUT2D eigenvalue weighted by Gasteiger charge is 2.05. The zero-order valence-corrected chi connectivity index (χ0v) is 15.2. The van der Waals surface area contributed by atoms with Crippen molar-refractivity contribution < 1.29 is 4.74 Å². The van der Waals surface area contributed by atoms with Crippen molar-refractivity contribution in [3.05, 3.63) is 108 Å². The first-order valence-corrected chi connectivity index (χ1v) is 8.94. The fraction of sp³-hybridized carbons (Fsp3) is 0.167. The van der Waals surface area contributed by atoms with E-state index in [9.17, 15) is 0 Å². The smallest absolute Gasteiger partial charge is 0.118 e. The zero-order valence-electron chi connectivity index (χ0n) is 15.2. The van der Waals surface area contributed by atoms with Gasteiger partial charge in [-0.15, -0.1) is 0 Å². The second kappa shape index (κ2) is 9.59. The van der Waals surface area contributed by atoms with Gasteiger partial charge in [-0.3, -0.25) is 4.90 Å². The monoisotopic (exact) mass is 343 g/mol. The molecule has 132 valence electrons. The molecule has 0 amide bonds. The molecule has 0 atom stereocenters. The summed E-state index contributed by atoms with van der Waals surface area (Å²) in [5.74, 6) is 0.886. The van der Waals surface area contributed by atoms with Gasteiger partial charge in [0.15, 0.2) is 0 Å². The molecule has 3 aromatic carbocycles. The van der Waals surface area contributed by atoms with Crippen LogP contribution >= 0.6 is 0 Å². The Morgan fingerprint density at radius 2 is 1.27 bits per heavy atom. The molecule has 0 aromatic heterocycles. The van der Waals surface area contributed by atoms with Crippen LogP contribution in [0, 0.1) is 0 Å². The Kier molecular flexibility index (Phi) is 6.63. The number of ether oxygens (including phenoxy) is 1. The fourth-order valence-electron chi connectivity index (χ4n) is 2.92. The quantitative estimate of drug-likeness (QED) is 0.542. The number of nitrogens with zero attached hydrogens (tertiary/aromatic N) is 1. The molecule has 0 heterocycles. The van der Waals surface area contributed by atoms with Gasteiger partial charge >= 0.3 is 0 Å². The third kappa shape index (κ3) is 5.61. The molecule has 0 saturated heterocycles. The molecule has 0 aliphatic rings. The summed E-state index contributed by atoms with van der Waals surface area (Å²) in [6, 6.07) is 29.4. The third-order valence-corrected chi connectivity index (χ3v) is 4.29. The van der Waals surface area contributed by atoms with E-state index in [2.05, 4.69) is 89.8 Å². The van der Waals surface area contributed by atoms with E-state index < -0.39 is 0 Å². The summed E-state index contributed by atoms with van der Waals surface area (Å²) in [5, 5.41) is 0. The number of hydrogen-bond acceptors (Lipinski definition) is 2. The first-order chi connectivity index (χ1) is 12.8. The summed E-state index contributed by atoms with van der Waals surface area (Å²) in [4.78, 5) is 2.45. The Labute approximate surface area is 156 Å². The minimum absolute atomic E-state index is 0.886. The van der Waals surface area contributed by atoms with Crippen LogP contribution in [-0.4, -0.2) is 18.6 Å². The number of benzene rings is 3. The average molecular weight is 343 g/mol. The van der Waals surface area contributed by atoms with Crippen molar-refractivity contribution in [1.82, 2.24) is 4.90 Å². The fourth-order valence-corrected chi connectivity index (χ4v) is 2.92. The maximum Gasteiger partial charge on any atom is 0.118 e. The topological polar surface area (TPSA) is 12.5 Å². The second-order valence-electron chi connectivity index (χ2n) is 6.32. The second-order valence-corrected chi connectivity index (χ2v) is 6.32. The molecule has 0 spiro atoms. The number of methoxy groups -OCH3 is 1. The molecule has 0 radical (unpaired) electrons. The maximum absolute atomic E-state index is 5.21. The van der Waals surface area contributed by atoms with Crippen LogP contribution in [0.4, 0.5) is 0 Å². The molecule has 0 N–H and O–H groups in total. The minimum atomic E-state index is 0.886. The van der Waals surface area contributed by atoms with E-state index in [4.69, 9.17) is 4.74 Å². The molecule has 0 unspecified atom stereocenters. The van der Waals surface area contributed by atoms with Gasteiger partial charge in [0.05, 0.1) is 7.11 Å². The van der Waals surface area contributed by atoms with Crippen molar-refractivity contribution >= 4 is 6.08 Å². The lowest BCUT2D eigenvalue weighted by atomic mass is 10.1. The highest BCUT2D eigenvalue weighted by molar-refractivity contribution is 5.50. The van der Waals surface area contributed by atoms with E-state index in [0.29, 0.717) is 0 Å². The molecule has 0 aliphatic carbocycles. The molecule has 3 aromatic rings. The lowest BCUT2D eigenvalue weighted by Crippen LogP contribution is -2.22. The Bertz CT molecular complexity index is 753. The van der Waals surface area contributed by atoms with Crippen LogP contribution in [-0.2, 0) is 13.1 Å². The van der Waals surface area contributed by atoms with Crippen LogP contribution in [0.3, 0.4) is 0 Å². The van der Waals surface area contributed by atoms with E-state index in [1.165, 1.54) is 16.7 Å². The van der Waals surface area contributed by atoms with Gasteiger partial charge < -0.3 is 4.74 Å². The number of rotatable bonds is 8.